The molecule has 0 unspecified atom stereocenters. The summed E-state index contributed by atoms with van der Waals surface area (Å²) in [6.45, 7) is 0.222. The second-order valence-corrected chi connectivity index (χ2v) is 5.37. The van der Waals surface area contributed by atoms with Crippen molar-refractivity contribution in [3.05, 3.63) is 18.4 Å². The number of hydrogen-bond donors (Lipinski definition) is 1. The Bertz CT molecular complexity index is 478. The molecule has 1 saturated heterocycles. The van der Waals surface area contributed by atoms with E-state index in [1.54, 1.807) is 0 Å². The average molecular weight is 245 g/mol. The van der Waals surface area contributed by atoms with Crippen LogP contribution in [0.3, 0.4) is 0 Å². The highest BCUT2D eigenvalue weighted by Crippen LogP contribution is 2.26. The van der Waals surface area contributed by atoms with Crippen molar-refractivity contribution >= 4 is 16.0 Å². The van der Waals surface area contributed by atoms with Crippen LogP contribution in [0.5, 0.6) is 0 Å². The first-order valence-electron chi connectivity index (χ1n) is 4.81. The van der Waals surface area contributed by atoms with Crippen LogP contribution in [0.2, 0.25) is 0 Å². The van der Waals surface area contributed by atoms with Gasteiger partial charge in [0.15, 0.2) is 0 Å². The number of hydrogen-bond acceptors (Lipinski definition) is 4. The van der Waals surface area contributed by atoms with E-state index in [-0.39, 0.29) is 11.6 Å². The molecule has 1 atom stereocenters. The molecule has 0 amide bonds. The van der Waals surface area contributed by atoms with Gasteiger partial charge in [0, 0.05) is 6.54 Å². The molecular formula is C9H11NO5S. The van der Waals surface area contributed by atoms with Crippen LogP contribution in [0, 0.1) is 0 Å². The molecule has 0 spiro atoms. The van der Waals surface area contributed by atoms with Crippen molar-refractivity contribution in [3.8, 4) is 0 Å². The Labute approximate surface area is 92.5 Å². The van der Waals surface area contributed by atoms with Gasteiger partial charge >= 0.3 is 5.97 Å². The SMILES string of the molecule is O=C(O)[C@H]1CCCN1S(=O)(=O)c1ccco1. The Morgan fingerprint density at radius 3 is 2.88 bits per heavy atom. The van der Waals surface area contributed by atoms with Gasteiger partial charge < -0.3 is 9.52 Å². The molecule has 2 heterocycles. The molecule has 1 aliphatic heterocycles. The van der Waals surface area contributed by atoms with Gasteiger partial charge in [0.25, 0.3) is 10.0 Å². The molecule has 6 nitrogen and oxygen atoms in total. The van der Waals surface area contributed by atoms with Crippen molar-refractivity contribution in [2.24, 2.45) is 0 Å². The molecule has 0 saturated carbocycles. The molecule has 2 rings (SSSR count). The molecule has 0 bridgehead atoms. The maximum Gasteiger partial charge on any atom is 0.322 e. The number of aliphatic carboxylic acids is 1. The summed E-state index contributed by atoms with van der Waals surface area (Å²) in [4.78, 5) is 10.9. The summed E-state index contributed by atoms with van der Waals surface area (Å²) in [6, 6.07) is 1.79. The number of sulfonamides is 1. The van der Waals surface area contributed by atoms with Crippen LogP contribution in [0.1, 0.15) is 12.8 Å². The minimum atomic E-state index is -3.80. The topological polar surface area (TPSA) is 87.8 Å². The van der Waals surface area contributed by atoms with E-state index in [9.17, 15) is 13.2 Å². The van der Waals surface area contributed by atoms with Gasteiger partial charge in [-0.2, -0.15) is 4.31 Å². The number of carbonyl (C=O) groups is 1. The fourth-order valence-electron chi connectivity index (χ4n) is 1.80. The second-order valence-electron chi connectivity index (χ2n) is 3.54. The van der Waals surface area contributed by atoms with E-state index in [1.807, 2.05) is 0 Å². The van der Waals surface area contributed by atoms with Gasteiger partial charge in [0.1, 0.15) is 6.04 Å². The zero-order valence-electron chi connectivity index (χ0n) is 8.37. The third-order valence-corrected chi connectivity index (χ3v) is 4.34. The summed E-state index contributed by atoms with van der Waals surface area (Å²) in [5.74, 6) is -1.12. The van der Waals surface area contributed by atoms with E-state index < -0.39 is 22.0 Å². The molecular weight excluding hydrogens is 234 g/mol. The van der Waals surface area contributed by atoms with Crippen molar-refractivity contribution in [1.82, 2.24) is 4.31 Å². The van der Waals surface area contributed by atoms with Crippen molar-refractivity contribution < 1.29 is 22.7 Å². The maximum atomic E-state index is 12.0. The van der Waals surface area contributed by atoms with Gasteiger partial charge in [-0.1, -0.05) is 0 Å². The molecule has 0 aromatic carbocycles. The maximum absolute atomic E-state index is 12.0. The highest BCUT2D eigenvalue weighted by atomic mass is 32.2. The zero-order valence-corrected chi connectivity index (χ0v) is 9.18. The lowest BCUT2D eigenvalue weighted by molar-refractivity contribution is -0.140. The molecule has 0 aliphatic carbocycles. The lowest BCUT2D eigenvalue weighted by Gasteiger charge is -2.19. The number of furan rings is 1. The third kappa shape index (κ3) is 1.72. The molecule has 16 heavy (non-hydrogen) atoms. The van der Waals surface area contributed by atoms with Crippen molar-refractivity contribution in [2.45, 2.75) is 24.0 Å². The molecule has 1 fully saturated rings. The summed E-state index contributed by atoms with van der Waals surface area (Å²) >= 11 is 0. The van der Waals surface area contributed by atoms with Gasteiger partial charge in [-0.25, -0.2) is 8.42 Å². The molecule has 1 aliphatic rings. The summed E-state index contributed by atoms with van der Waals surface area (Å²) in [6.07, 6.45) is 2.14. The fourth-order valence-corrected chi connectivity index (χ4v) is 3.36. The van der Waals surface area contributed by atoms with Gasteiger partial charge in [-0.15, -0.1) is 0 Å². The molecule has 1 aromatic rings. The fraction of sp³-hybridized carbons (Fsp3) is 0.444. The van der Waals surface area contributed by atoms with Crippen LogP contribution in [0.15, 0.2) is 27.9 Å². The number of carboxylic acid groups (broad SMARTS) is 1. The first-order chi connectivity index (χ1) is 7.53. The molecule has 1 aromatic heterocycles. The predicted octanol–water partition coefficient (Wildman–Crippen LogP) is 0.517. The van der Waals surface area contributed by atoms with Crippen molar-refractivity contribution in [1.29, 1.82) is 0 Å². The van der Waals surface area contributed by atoms with Crippen LogP contribution in [0.25, 0.3) is 0 Å². The highest BCUT2D eigenvalue weighted by Gasteiger charge is 2.40. The van der Waals surface area contributed by atoms with Crippen LogP contribution < -0.4 is 0 Å². The number of nitrogens with zero attached hydrogens (tertiary/aromatic N) is 1. The lowest BCUT2D eigenvalue weighted by atomic mass is 10.2. The van der Waals surface area contributed by atoms with Gasteiger partial charge in [-0.05, 0) is 25.0 Å². The van der Waals surface area contributed by atoms with E-state index >= 15 is 0 Å². The van der Waals surface area contributed by atoms with Crippen LogP contribution >= 0.6 is 0 Å². The minimum Gasteiger partial charge on any atom is -0.480 e. The summed E-state index contributed by atoms with van der Waals surface area (Å²) in [7, 11) is -3.80. The van der Waals surface area contributed by atoms with E-state index in [0.717, 1.165) is 4.31 Å². The molecule has 88 valence electrons. The average Bonchev–Trinajstić information content (AvgIpc) is 2.89. The predicted molar refractivity (Wildman–Crippen MR) is 53.3 cm³/mol. The van der Waals surface area contributed by atoms with E-state index in [2.05, 4.69) is 0 Å². The number of carboxylic acids is 1. The quantitative estimate of drug-likeness (QED) is 0.838. The number of rotatable bonds is 3. The second kappa shape index (κ2) is 3.91. The molecule has 7 heteroatoms. The summed E-state index contributed by atoms with van der Waals surface area (Å²) in [5, 5.41) is 8.70. The van der Waals surface area contributed by atoms with E-state index in [1.165, 1.54) is 18.4 Å². The Kier molecular flexibility index (Phi) is 2.73. The first kappa shape index (κ1) is 11.2. The first-order valence-corrected chi connectivity index (χ1v) is 6.25. The largest absolute Gasteiger partial charge is 0.480 e. The monoisotopic (exact) mass is 245 g/mol. The van der Waals surface area contributed by atoms with Gasteiger partial charge in [0.2, 0.25) is 5.09 Å². The van der Waals surface area contributed by atoms with Crippen molar-refractivity contribution in [3.63, 3.8) is 0 Å². The van der Waals surface area contributed by atoms with Gasteiger partial charge in [-0.3, -0.25) is 4.79 Å². The molecule has 0 radical (unpaired) electrons. The molecule has 1 N–H and O–H groups in total. The Hall–Kier alpha value is -1.34. The van der Waals surface area contributed by atoms with E-state index in [4.69, 9.17) is 9.52 Å². The Balaban J connectivity index is 2.34. The highest BCUT2D eigenvalue weighted by molar-refractivity contribution is 7.89. The normalized spacial score (nSPS) is 22.4. The Morgan fingerprint density at radius 2 is 2.31 bits per heavy atom. The third-order valence-electron chi connectivity index (χ3n) is 2.55. The van der Waals surface area contributed by atoms with E-state index in [0.29, 0.717) is 12.8 Å². The lowest BCUT2D eigenvalue weighted by Crippen LogP contribution is -2.40. The minimum absolute atomic E-state index is 0.208. The van der Waals surface area contributed by atoms with Crippen LogP contribution in [-0.2, 0) is 14.8 Å². The summed E-state index contributed by atoms with van der Waals surface area (Å²) in [5.41, 5.74) is 0. The standard InChI is InChI=1S/C9H11NO5S/c11-9(12)7-3-1-5-10(7)16(13,14)8-4-2-6-15-8/h2,4,6-7H,1,3,5H2,(H,11,12)/t7-/m1/s1. The zero-order chi connectivity index (χ0) is 11.8. The Morgan fingerprint density at radius 1 is 1.56 bits per heavy atom. The smallest absolute Gasteiger partial charge is 0.322 e. The van der Waals surface area contributed by atoms with Crippen LogP contribution in [0.4, 0.5) is 0 Å². The van der Waals surface area contributed by atoms with Crippen LogP contribution in [-0.4, -0.2) is 36.4 Å². The summed E-state index contributed by atoms with van der Waals surface area (Å²) < 4.78 is 29.8. The van der Waals surface area contributed by atoms with Crippen molar-refractivity contribution in [2.75, 3.05) is 6.54 Å². The van der Waals surface area contributed by atoms with Gasteiger partial charge in [0.05, 0.1) is 6.26 Å².